The van der Waals surface area contributed by atoms with Gasteiger partial charge in [-0.3, -0.25) is 4.79 Å². The van der Waals surface area contributed by atoms with Gasteiger partial charge in [0.25, 0.3) is 5.91 Å². The van der Waals surface area contributed by atoms with Gasteiger partial charge >= 0.3 is 0 Å². The number of hydrogen-bond acceptors (Lipinski definition) is 4. The number of hydrogen-bond donors (Lipinski definition) is 1. The number of carbonyl (C=O) groups is 1. The van der Waals surface area contributed by atoms with E-state index < -0.39 is 0 Å². The fraction of sp³-hybridized carbons (Fsp3) is 0.333. The van der Waals surface area contributed by atoms with Crippen LogP contribution in [0.2, 0.25) is 0 Å². The van der Waals surface area contributed by atoms with Crippen LogP contribution in [-0.4, -0.2) is 40.1 Å². The molecule has 0 radical (unpaired) electrons. The van der Waals surface area contributed by atoms with Crippen molar-refractivity contribution in [3.8, 4) is 11.3 Å². The summed E-state index contributed by atoms with van der Waals surface area (Å²) in [6.45, 7) is 0.778. The molecule has 5 heteroatoms. The first-order valence-electron chi connectivity index (χ1n) is 6.70. The molecule has 1 saturated heterocycles. The van der Waals surface area contributed by atoms with Crippen molar-refractivity contribution in [3.05, 3.63) is 40.7 Å². The molecule has 0 unspecified atom stereocenters. The number of thiazole rings is 1. The average Bonchev–Trinajstić information content (AvgIpc) is 3.17. The second kappa shape index (κ2) is 5.73. The minimum absolute atomic E-state index is 0.00591. The number of amides is 1. The number of nitrogens with zero attached hydrogens (tertiary/aromatic N) is 2. The van der Waals surface area contributed by atoms with Crippen LogP contribution in [-0.2, 0) is 0 Å². The predicted molar refractivity (Wildman–Crippen MR) is 78.7 cm³/mol. The van der Waals surface area contributed by atoms with Crippen molar-refractivity contribution >= 4 is 17.2 Å². The third-order valence-corrected chi connectivity index (χ3v) is 4.30. The van der Waals surface area contributed by atoms with Gasteiger partial charge in [0.05, 0.1) is 23.9 Å². The molecule has 1 aromatic heterocycles. The van der Waals surface area contributed by atoms with E-state index in [2.05, 4.69) is 4.98 Å². The average molecular weight is 288 g/mol. The molecule has 20 heavy (non-hydrogen) atoms. The summed E-state index contributed by atoms with van der Waals surface area (Å²) in [5.74, 6) is 0.00591. The van der Waals surface area contributed by atoms with E-state index in [-0.39, 0.29) is 18.6 Å². The molecular formula is C15H16N2O2S. The second-order valence-electron chi connectivity index (χ2n) is 4.93. The Morgan fingerprint density at radius 3 is 2.85 bits per heavy atom. The number of likely N-dealkylation sites (tertiary alicyclic amines) is 1. The Morgan fingerprint density at radius 2 is 2.20 bits per heavy atom. The van der Waals surface area contributed by atoms with Crippen LogP contribution in [0.4, 0.5) is 0 Å². The van der Waals surface area contributed by atoms with E-state index in [1.807, 2.05) is 29.6 Å². The maximum absolute atomic E-state index is 12.4. The molecule has 0 aliphatic carbocycles. The molecule has 1 atom stereocenters. The van der Waals surface area contributed by atoms with Gasteiger partial charge in [0.2, 0.25) is 0 Å². The van der Waals surface area contributed by atoms with Crippen molar-refractivity contribution < 1.29 is 9.90 Å². The maximum atomic E-state index is 12.4. The summed E-state index contributed by atoms with van der Waals surface area (Å²) >= 11 is 1.55. The first kappa shape index (κ1) is 13.3. The van der Waals surface area contributed by atoms with E-state index in [0.29, 0.717) is 5.56 Å². The molecule has 1 fully saturated rings. The zero-order chi connectivity index (χ0) is 13.9. The number of aliphatic hydroxyl groups excluding tert-OH is 1. The molecule has 0 saturated carbocycles. The van der Waals surface area contributed by atoms with Gasteiger partial charge in [-0.05, 0) is 25.0 Å². The summed E-state index contributed by atoms with van der Waals surface area (Å²) in [4.78, 5) is 18.4. The van der Waals surface area contributed by atoms with Gasteiger partial charge in [-0.1, -0.05) is 12.1 Å². The third-order valence-electron chi connectivity index (χ3n) is 3.71. The van der Waals surface area contributed by atoms with E-state index in [4.69, 9.17) is 0 Å². The molecule has 1 aromatic carbocycles. The summed E-state index contributed by atoms with van der Waals surface area (Å²) in [5, 5.41) is 11.3. The van der Waals surface area contributed by atoms with Crippen LogP contribution >= 0.6 is 11.3 Å². The fourth-order valence-electron chi connectivity index (χ4n) is 2.60. The fourth-order valence-corrected chi connectivity index (χ4v) is 3.16. The maximum Gasteiger partial charge on any atom is 0.254 e. The van der Waals surface area contributed by atoms with Crippen molar-refractivity contribution in [2.24, 2.45) is 0 Å². The molecule has 0 spiro atoms. The summed E-state index contributed by atoms with van der Waals surface area (Å²) in [6, 6.07) is 7.49. The van der Waals surface area contributed by atoms with Gasteiger partial charge in [-0.25, -0.2) is 4.98 Å². The first-order valence-corrected chi connectivity index (χ1v) is 7.64. The lowest BCUT2D eigenvalue weighted by molar-refractivity contribution is 0.0677. The highest BCUT2D eigenvalue weighted by Crippen LogP contribution is 2.22. The van der Waals surface area contributed by atoms with Crippen molar-refractivity contribution in [1.29, 1.82) is 0 Å². The van der Waals surface area contributed by atoms with Gasteiger partial charge in [0.15, 0.2) is 0 Å². The summed E-state index contributed by atoms with van der Waals surface area (Å²) in [6.07, 6.45) is 1.85. The largest absolute Gasteiger partial charge is 0.394 e. The Kier molecular flexibility index (Phi) is 3.80. The van der Waals surface area contributed by atoms with Gasteiger partial charge in [-0.2, -0.15) is 0 Å². The highest BCUT2D eigenvalue weighted by molar-refractivity contribution is 7.07. The summed E-state index contributed by atoms with van der Waals surface area (Å²) in [5.41, 5.74) is 4.42. The Bertz CT molecular complexity index is 580. The molecule has 1 aliphatic heterocycles. The number of benzene rings is 1. The van der Waals surface area contributed by atoms with Crippen molar-refractivity contribution in [3.63, 3.8) is 0 Å². The van der Waals surface area contributed by atoms with Gasteiger partial charge < -0.3 is 10.0 Å². The highest BCUT2D eigenvalue weighted by atomic mass is 32.1. The Morgan fingerprint density at radius 1 is 1.40 bits per heavy atom. The van der Waals surface area contributed by atoms with E-state index in [1.165, 1.54) is 0 Å². The van der Waals surface area contributed by atoms with E-state index >= 15 is 0 Å². The Balaban J connectivity index is 1.79. The van der Waals surface area contributed by atoms with Crippen molar-refractivity contribution in [2.45, 2.75) is 18.9 Å². The normalized spacial score (nSPS) is 18.4. The molecule has 104 valence electrons. The Labute approximate surface area is 121 Å². The lowest BCUT2D eigenvalue weighted by Gasteiger charge is -2.23. The molecule has 3 rings (SSSR count). The first-order chi connectivity index (χ1) is 9.79. The summed E-state index contributed by atoms with van der Waals surface area (Å²) < 4.78 is 0. The lowest BCUT2D eigenvalue weighted by atomic mass is 10.1. The monoisotopic (exact) mass is 288 g/mol. The van der Waals surface area contributed by atoms with Crippen LogP contribution in [0, 0.1) is 0 Å². The zero-order valence-corrected chi connectivity index (χ0v) is 11.8. The van der Waals surface area contributed by atoms with E-state index in [0.717, 1.165) is 30.6 Å². The van der Waals surface area contributed by atoms with Crippen LogP contribution in [0.15, 0.2) is 35.2 Å². The van der Waals surface area contributed by atoms with Gasteiger partial charge in [0.1, 0.15) is 0 Å². The second-order valence-corrected chi connectivity index (χ2v) is 5.65. The van der Waals surface area contributed by atoms with Crippen LogP contribution in [0.3, 0.4) is 0 Å². The highest BCUT2D eigenvalue weighted by Gasteiger charge is 2.28. The van der Waals surface area contributed by atoms with Crippen LogP contribution in [0.25, 0.3) is 11.3 Å². The van der Waals surface area contributed by atoms with Gasteiger partial charge in [0, 0.05) is 23.1 Å². The van der Waals surface area contributed by atoms with Crippen LogP contribution in [0.5, 0.6) is 0 Å². The molecule has 1 amide bonds. The SMILES string of the molecule is O=C(c1ccc(-c2cscn2)cc1)N1CCC[C@@H]1CO. The van der Waals surface area contributed by atoms with Crippen LogP contribution < -0.4 is 0 Å². The molecule has 1 aliphatic rings. The number of aromatic nitrogens is 1. The van der Waals surface area contributed by atoms with E-state index in [9.17, 15) is 9.90 Å². The molecular weight excluding hydrogens is 272 g/mol. The van der Waals surface area contributed by atoms with Crippen LogP contribution in [0.1, 0.15) is 23.2 Å². The lowest BCUT2D eigenvalue weighted by Crippen LogP contribution is -2.37. The van der Waals surface area contributed by atoms with E-state index in [1.54, 1.807) is 21.7 Å². The molecule has 2 heterocycles. The summed E-state index contributed by atoms with van der Waals surface area (Å²) in [7, 11) is 0. The van der Waals surface area contributed by atoms with Crippen molar-refractivity contribution in [1.82, 2.24) is 9.88 Å². The smallest absolute Gasteiger partial charge is 0.254 e. The predicted octanol–water partition coefficient (Wildman–Crippen LogP) is 2.41. The standard InChI is InChI=1S/C15H16N2O2S/c18-8-13-2-1-7-17(13)15(19)12-5-3-11(4-6-12)14-9-20-10-16-14/h3-6,9-10,13,18H,1-2,7-8H2/t13-/m1/s1. The Hall–Kier alpha value is -1.72. The topological polar surface area (TPSA) is 53.4 Å². The molecule has 1 N–H and O–H groups in total. The molecule has 4 nitrogen and oxygen atoms in total. The molecule has 2 aromatic rings. The minimum Gasteiger partial charge on any atom is -0.394 e. The molecule has 0 bridgehead atoms. The van der Waals surface area contributed by atoms with Gasteiger partial charge in [-0.15, -0.1) is 11.3 Å². The minimum atomic E-state index is -0.0271. The number of rotatable bonds is 3. The number of aliphatic hydroxyl groups is 1. The number of carbonyl (C=O) groups excluding carboxylic acids is 1. The zero-order valence-electron chi connectivity index (χ0n) is 11.0. The quantitative estimate of drug-likeness (QED) is 0.943. The third kappa shape index (κ3) is 2.46. The van der Waals surface area contributed by atoms with Crippen molar-refractivity contribution in [2.75, 3.05) is 13.2 Å².